The van der Waals surface area contributed by atoms with Crippen molar-refractivity contribution in [2.75, 3.05) is 11.9 Å². The second-order valence-electron chi connectivity index (χ2n) is 4.53. The second-order valence-corrected chi connectivity index (χ2v) is 4.53. The van der Waals surface area contributed by atoms with Gasteiger partial charge in [0.05, 0.1) is 6.61 Å². The van der Waals surface area contributed by atoms with E-state index < -0.39 is 0 Å². The molecule has 2 heteroatoms. The van der Waals surface area contributed by atoms with Gasteiger partial charge in [-0.05, 0) is 29.3 Å². The molecule has 0 radical (unpaired) electrons. The molecule has 0 saturated carbocycles. The van der Waals surface area contributed by atoms with E-state index in [-0.39, 0.29) is 6.61 Å². The Kier molecular flexibility index (Phi) is 4.22. The SMILES string of the molecule is C#Cc1cccc(N(C)Cc2ccc(CO)cc2)c1. The maximum Gasteiger partial charge on any atom is 0.0681 e. The molecule has 0 fully saturated rings. The van der Waals surface area contributed by atoms with Gasteiger partial charge in [0, 0.05) is 24.8 Å². The summed E-state index contributed by atoms with van der Waals surface area (Å²) in [6.45, 7) is 0.889. The highest BCUT2D eigenvalue weighted by molar-refractivity contribution is 5.52. The number of rotatable bonds is 4. The van der Waals surface area contributed by atoms with Gasteiger partial charge in [0.1, 0.15) is 0 Å². The molecule has 19 heavy (non-hydrogen) atoms. The number of aliphatic hydroxyl groups is 1. The highest BCUT2D eigenvalue weighted by atomic mass is 16.3. The molecule has 1 N–H and O–H groups in total. The molecule has 0 unspecified atom stereocenters. The van der Waals surface area contributed by atoms with Crippen LogP contribution in [0.25, 0.3) is 0 Å². The summed E-state index contributed by atoms with van der Waals surface area (Å²) in [7, 11) is 2.04. The molecule has 0 atom stereocenters. The van der Waals surface area contributed by atoms with Gasteiger partial charge in [0.2, 0.25) is 0 Å². The molecule has 0 amide bonds. The lowest BCUT2D eigenvalue weighted by atomic mass is 10.1. The van der Waals surface area contributed by atoms with Gasteiger partial charge in [0.25, 0.3) is 0 Å². The number of hydrogen-bond donors (Lipinski definition) is 1. The molecule has 0 heterocycles. The molecule has 0 aromatic heterocycles. The molecule has 0 aliphatic heterocycles. The Bertz CT molecular complexity index is 581. The van der Waals surface area contributed by atoms with E-state index in [2.05, 4.69) is 10.8 Å². The summed E-state index contributed by atoms with van der Waals surface area (Å²) in [6, 6.07) is 15.9. The van der Waals surface area contributed by atoms with Crippen molar-refractivity contribution in [2.45, 2.75) is 13.2 Å². The molecular weight excluding hydrogens is 234 g/mol. The average Bonchev–Trinajstić information content (AvgIpc) is 2.48. The van der Waals surface area contributed by atoms with Crippen LogP contribution in [0.1, 0.15) is 16.7 Å². The first-order chi connectivity index (χ1) is 9.22. The van der Waals surface area contributed by atoms with Crippen LogP contribution in [0.4, 0.5) is 5.69 Å². The Morgan fingerprint density at radius 2 is 1.79 bits per heavy atom. The number of hydrogen-bond acceptors (Lipinski definition) is 2. The quantitative estimate of drug-likeness (QED) is 0.845. The van der Waals surface area contributed by atoms with Crippen molar-refractivity contribution in [1.29, 1.82) is 0 Å². The number of benzene rings is 2. The van der Waals surface area contributed by atoms with E-state index in [1.165, 1.54) is 5.56 Å². The lowest BCUT2D eigenvalue weighted by molar-refractivity contribution is 0.282. The fourth-order valence-electron chi connectivity index (χ4n) is 1.95. The van der Waals surface area contributed by atoms with Crippen molar-refractivity contribution in [3.63, 3.8) is 0 Å². The minimum atomic E-state index is 0.0837. The second kappa shape index (κ2) is 6.08. The van der Waals surface area contributed by atoms with Crippen molar-refractivity contribution in [1.82, 2.24) is 0 Å². The molecule has 0 bridgehead atoms. The van der Waals surface area contributed by atoms with Crippen molar-refractivity contribution in [3.8, 4) is 12.3 Å². The Balaban J connectivity index is 2.11. The highest BCUT2D eigenvalue weighted by Crippen LogP contribution is 2.17. The van der Waals surface area contributed by atoms with Crippen molar-refractivity contribution in [2.24, 2.45) is 0 Å². The first kappa shape index (κ1) is 13.2. The summed E-state index contributed by atoms with van der Waals surface area (Å²) in [5.74, 6) is 2.65. The first-order valence-electron chi connectivity index (χ1n) is 6.19. The normalized spacial score (nSPS) is 9.95. The number of nitrogens with zero attached hydrogens (tertiary/aromatic N) is 1. The van der Waals surface area contributed by atoms with Crippen LogP contribution < -0.4 is 4.90 Å². The predicted molar refractivity (Wildman–Crippen MR) is 78.8 cm³/mol. The standard InChI is InChI=1S/C17H17NO/c1-3-14-5-4-6-17(11-14)18(2)12-15-7-9-16(13-19)10-8-15/h1,4-11,19H,12-13H2,2H3. The van der Waals surface area contributed by atoms with Gasteiger partial charge >= 0.3 is 0 Å². The van der Waals surface area contributed by atoms with E-state index >= 15 is 0 Å². The van der Waals surface area contributed by atoms with E-state index in [0.29, 0.717) is 0 Å². The molecule has 0 saturated heterocycles. The third-order valence-electron chi connectivity index (χ3n) is 3.08. The van der Waals surface area contributed by atoms with E-state index in [1.54, 1.807) is 0 Å². The monoisotopic (exact) mass is 251 g/mol. The van der Waals surface area contributed by atoms with Crippen molar-refractivity contribution >= 4 is 5.69 Å². The van der Waals surface area contributed by atoms with Gasteiger partial charge in [-0.1, -0.05) is 36.3 Å². The molecule has 2 rings (SSSR count). The molecule has 0 aliphatic rings. The maximum atomic E-state index is 9.02. The molecule has 0 aliphatic carbocycles. The van der Waals surface area contributed by atoms with Crippen LogP contribution in [0, 0.1) is 12.3 Å². The van der Waals surface area contributed by atoms with Gasteiger partial charge in [-0.2, -0.15) is 0 Å². The Labute approximate surface area is 114 Å². The average molecular weight is 251 g/mol. The molecule has 2 nitrogen and oxygen atoms in total. The zero-order valence-electron chi connectivity index (χ0n) is 11.0. The number of anilines is 1. The van der Waals surface area contributed by atoms with Gasteiger partial charge in [-0.15, -0.1) is 6.42 Å². The topological polar surface area (TPSA) is 23.5 Å². The third kappa shape index (κ3) is 3.37. The summed E-state index contributed by atoms with van der Waals surface area (Å²) in [4.78, 5) is 2.15. The Morgan fingerprint density at radius 1 is 1.11 bits per heavy atom. The van der Waals surface area contributed by atoms with Crippen LogP contribution in [-0.4, -0.2) is 12.2 Å². The zero-order valence-corrected chi connectivity index (χ0v) is 11.0. The summed E-state index contributed by atoms with van der Waals surface area (Å²) in [5.41, 5.74) is 4.12. The summed E-state index contributed by atoms with van der Waals surface area (Å²) < 4.78 is 0. The van der Waals surface area contributed by atoms with E-state index in [9.17, 15) is 0 Å². The van der Waals surface area contributed by atoms with Crippen LogP contribution in [0.2, 0.25) is 0 Å². The van der Waals surface area contributed by atoms with Gasteiger partial charge in [-0.25, -0.2) is 0 Å². The minimum Gasteiger partial charge on any atom is -0.392 e. The van der Waals surface area contributed by atoms with Crippen LogP contribution in [-0.2, 0) is 13.2 Å². The summed E-state index contributed by atoms with van der Waals surface area (Å²) in [6.07, 6.45) is 5.41. The van der Waals surface area contributed by atoms with Crippen molar-refractivity contribution < 1.29 is 5.11 Å². The van der Waals surface area contributed by atoms with Gasteiger partial charge in [0.15, 0.2) is 0 Å². The van der Waals surface area contributed by atoms with Gasteiger partial charge < -0.3 is 10.0 Å². The molecule has 0 spiro atoms. The fraction of sp³-hybridized carbons (Fsp3) is 0.176. The predicted octanol–water partition coefficient (Wildman–Crippen LogP) is 2.80. The minimum absolute atomic E-state index is 0.0837. The number of terminal acetylenes is 1. The van der Waals surface area contributed by atoms with E-state index in [0.717, 1.165) is 23.4 Å². The van der Waals surface area contributed by atoms with Crippen molar-refractivity contribution in [3.05, 3.63) is 65.2 Å². The fourth-order valence-corrected chi connectivity index (χ4v) is 1.95. The molecule has 2 aromatic rings. The molecular formula is C17H17NO. The Morgan fingerprint density at radius 3 is 2.42 bits per heavy atom. The van der Waals surface area contributed by atoms with Crippen LogP contribution >= 0.6 is 0 Å². The van der Waals surface area contributed by atoms with Crippen LogP contribution in [0.15, 0.2) is 48.5 Å². The maximum absolute atomic E-state index is 9.02. The smallest absolute Gasteiger partial charge is 0.0681 e. The van der Waals surface area contributed by atoms with Crippen LogP contribution in [0.3, 0.4) is 0 Å². The molecule has 96 valence electrons. The zero-order chi connectivity index (χ0) is 13.7. The first-order valence-corrected chi connectivity index (χ1v) is 6.19. The van der Waals surface area contributed by atoms with Crippen LogP contribution in [0.5, 0.6) is 0 Å². The largest absolute Gasteiger partial charge is 0.392 e. The van der Waals surface area contributed by atoms with E-state index in [1.807, 2.05) is 55.6 Å². The Hall–Kier alpha value is -2.24. The van der Waals surface area contributed by atoms with Gasteiger partial charge in [-0.3, -0.25) is 0 Å². The summed E-state index contributed by atoms with van der Waals surface area (Å²) in [5, 5.41) is 9.02. The highest BCUT2D eigenvalue weighted by Gasteiger charge is 2.03. The number of aliphatic hydroxyl groups excluding tert-OH is 1. The lowest BCUT2D eigenvalue weighted by Gasteiger charge is -2.19. The lowest BCUT2D eigenvalue weighted by Crippen LogP contribution is -2.16. The molecule has 2 aromatic carbocycles. The third-order valence-corrected chi connectivity index (χ3v) is 3.08. The summed E-state index contributed by atoms with van der Waals surface area (Å²) >= 11 is 0. The van der Waals surface area contributed by atoms with E-state index in [4.69, 9.17) is 11.5 Å².